The van der Waals surface area contributed by atoms with Gasteiger partial charge in [0, 0.05) is 20.0 Å². The molecule has 7 heteroatoms. The zero-order valence-electron chi connectivity index (χ0n) is 17.3. The molecule has 0 aliphatic carbocycles. The van der Waals surface area contributed by atoms with Gasteiger partial charge in [0.2, 0.25) is 11.8 Å². The van der Waals surface area contributed by atoms with Crippen molar-refractivity contribution in [2.45, 2.75) is 26.3 Å². The SMILES string of the molecule is CC(C)[C@@H](NC(=O)[C@H]1CC(=O)N(c2ccccc2F)C1)c1nc2ccccc2n1C. The van der Waals surface area contributed by atoms with Gasteiger partial charge in [0.15, 0.2) is 0 Å². The topological polar surface area (TPSA) is 67.2 Å². The van der Waals surface area contributed by atoms with Crippen molar-refractivity contribution in [2.75, 3.05) is 11.4 Å². The molecule has 156 valence electrons. The molecule has 1 saturated heterocycles. The number of rotatable bonds is 5. The number of anilines is 1. The summed E-state index contributed by atoms with van der Waals surface area (Å²) < 4.78 is 16.1. The minimum Gasteiger partial charge on any atom is -0.346 e. The number of hydrogen-bond donors (Lipinski definition) is 1. The van der Waals surface area contributed by atoms with E-state index in [1.165, 1.54) is 11.0 Å². The van der Waals surface area contributed by atoms with E-state index in [2.05, 4.69) is 5.32 Å². The van der Waals surface area contributed by atoms with E-state index in [-0.39, 0.29) is 42.4 Å². The maximum absolute atomic E-state index is 14.1. The molecule has 2 aromatic carbocycles. The highest BCUT2D eigenvalue weighted by atomic mass is 19.1. The summed E-state index contributed by atoms with van der Waals surface area (Å²) in [4.78, 5) is 31.6. The predicted octanol–water partition coefficient (Wildman–Crippen LogP) is 3.58. The van der Waals surface area contributed by atoms with Crippen LogP contribution in [0, 0.1) is 17.7 Å². The summed E-state index contributed by atoms with van der Waals surface area (Å²) in [5, 5.41) is 3.09. The Morgan fingerprint density at radius 1 is 1.17 bits per heavy atom. The van der Waals surface area contributed by atoms with Crippen LogP contribution in [0.25, 0.3) is 11.0 Å². The first-order valence-electron chi connectivity index (χ1n) is 10.1. The molecule has 2 heterocycles. The van der Waals surface area contributed by atoms with Crippen molar-refractivity contribution in [3.05, 3.63) is 60.2 Å². The highest BCUT2D eigenvalue weighted by Gasteiger charge is 2.37. The molecule has 0 saturated carbocycles. The molecule has 1 aromatic heterocycles. The fourth-order valence-electron chi connectivity index (χ4n) is 4.03. The van der Waals surface area contributed by atoms with Crippen molar-refractivity contribution in [3.8, 4) is 0 Å². The van der Waals surface area contributed by atoms with Crippen LogP contribution in [0.5, 0.6) is 0 Å². The highest BCUT2D eigenvalue weighted by molar-refractivity contribution is 6.00. The first-order valence-corrected chi connectivity index (χ1v) is 10.1. The van der Waals surface area contributed by atoms with Crippen LogP contribution in [-0.4, -0.2) is 27.9 Å². The zero-order valence-corrected chi connectivity index (χ0v) is 17.3. The molecular formula is C23H25FN4O2. The Morgan fingerprint density at radius 2 is 1.87 bits per heavy atom. The molecule has 0 unspecified atom stereocenters. The Balaban J connectivity index is 1.55. The largest absolute Gasteiger partial charge is 0.346 e. The van der Waals surface area contributed by atoms with Gasteiger partial charge in [-0.2, -0.15) is 0 Å². The van der Waals surface area contributed by atoms with Crippen molar-refractivity contribution in [2.24, 2.45) is 18.9 Å². The number of carbonyl (C=O) groups is 2. The van der Waals surface area contributed by atoms with E-state index in [1.54, 1.807) is 18.2 Å². The van der Waals surface area contributed by atoms with Crippen LogP contribution < -0.4 is 10.2 Å². The standard InChI is InChI=1S/C23H25FN4O2/c1-14(2)21(22-25-17-9-5-7-11-19(17)27(22)3)26-23(30)15-12-20(29)28(13-15)18-10-6-4-8-16(18)24/h4-11,14-15,21H,12-13H2,1-3H3,(H,26,30)/t15-,21+/m0/s1. The third kappa shape index (κ3) is 3.56. The first kappa shape index (κ1) is 20.1. The second-order valence-electron chi connectivity index (χ2n) is 8.10. The number of hydrogen-bond acceptors (Lipinski definition) is 3. The minimum absolute atomic E-state index is 0.0630. The molecule has 30 heavy (non-hydrogen) atoms. The first-order chi connectivity index (χ1) is 14.4. The van der Waals surface area contributed by atoms with Gasteiger partial charge in [-0.1, -0.05) is 38.1 Å². The average Bonchev–Trinajstić information content (AvgIpc) is 3.27. The number of halogens is 1. The molecule has 2 atom stereocenters. The Hall–Kier alpha value is -3.22. The smallest absolute Gasteiger partial charge is 0.227 e. The number of fused-ring (bicyclic) bond motifs is 1. The van der Waals surface area contributed by atoms with E-state index in [9.17, 15) is 14.0 Å². The van der Waals surface area contributed by atoms with Gasteiger partial charge >= 0.3 is 0 Å². The van der Waals surface area contributed by atoms with Crippen LogP contribution in [0.3, 0.4) is 0 Å². The van der Waals surface area contributed by atoms with Crippen LogP contribution in [-0.2, 0) is 16.6 Å². The molecule has 4 rings (SSSR count). The number of nitrogens with zero attached hydrogens (tertiary/aromatic N) is 3. The van der Waals surface area contributed by atoms with E-state index in [0.717, 1.165) is 16.9 Å². The molecule has 2 amide bonds. The lowest BCUT2D eigenvalue weighted by Gasteiger charge is -2.24. The third-order valence-corrected chi connectivity index (χ3v) is 5.70. The van der Waals surface area contributed by atoms with Crippen molar-refractivity contribution < 1.29 is 14.0 Å². The van der Waals surface area contributed by atoms with Crippen LogP contribution >= 0.6 is 0 Å². The minimum atomic E-state index is -0.534. The Labute approximate surface area is 174 Å². The number of nitrogens with one attached hydrogen (secondary N) is 1. The fraction of sp³-hybridized carbons (Fsp3) is 0.348. The van der Waals surface area contributed by atoms with E-state index < -0.39 is 11.7 Å². The number of para-hydroxylation sites is 3. The monoisotopic (exact) mass is 408 g/mol. The van der Waals surface area contributed by atoms with Gasteiger partial charge < -0.3 is 14.8 Å². The number of aryl methyl sites for hydroxylation is 1. The van der Waals surface area contributed by atoms with Gasteiger partial charge in [-0.3, -0.25) is 9.59 Å². The van der Waals surface area contributed by atoms with Gasteiger partial charge in [0.25, 0.3) is 0 Å². The molecule has 6 nitrogen and oxygen atoms in total. The van der Waals surface area contributed by atoms with Crippen LogP contribution in [0.1, 0.15) is 32.1 Å². The summed E-state index contributed by atoms with van der Waals surface area (Å²) in [5.41, 5.74) is 2.08. The molecule has 1 aliphatic rings. The Kier molecular flexibility index (Phi) is 5.28. The van der Waals surface area contributed by atoms with Crippen LogP contribution in [0.2, 0.25) is 0 Å². The van der Waals surface area contributed by atoms with E-state index in [0.29, 0.717) is 0 Å². The van der Waals surface area contributed by atoms with Gasteiger partial charge in [-0.15, -0.1) is 0 Å². The van der Waals surface area contributed by atoms with Crippen molar-refractivity contribution in [3.63, 3.8) is 0 Å². The lowest BCUT2D eigenvalue weighted by molar-refractivity contribution is -0.127. The van der Waals surface area contributed by atoms with Gasteiger partial charge in [-0.25, -0.2) is 9.37 Å². The van der Waals surface area contributed by atoms with E-state index >= 15 is 0 Å². The Bertz CT molecular complexity index is 1110. The number of imidazole rings is 1. The number of benzene rings is 2. The van der Waals surface area contributed by atoms with Crippen LogP contribution in [0.15, 0.2) is 48.5 Å². The number of carbonyl (C=O) groups excluding carboxylic acids is 2. The average molecular weight is 408 g/mol. The second kappa shape index (κ2) is 7.89. The van der Waals surface area contributed by atoms with E-state index in [1.807, 2.05) is 49.7 Å². The Morgan fingerprint density at radius 3 is 2.57 bits per heavy atom. The van der Waals surface area contributed by atoms with Gasteiger partial charge in [-0.05, 0) is 30.2 Å². The van der Waals surface area contributed by atoms with Crippen molar-refractivity contribution in [1.82, 2.24) is 14.9 Å². The van der Waals surface area contributed by atoms with Crippen molar-refractivity contribution >= 4 is 28.5 Å². The van der Waals surface area contributed by atoms with Gasteiger partial charge in [0.1, 0.15) is 11.6 Å². The van der Waals surface area contributed by atoms with Crippen molar-refractivity contribution in [1.29, 1.82) is 0 Å². The summed E-state index contributed by atoms with van der Waals surface area (Å²) in [5.74, 6) is -0.587. The maximum atomic E-state index is 14.1. The van der Waals surface area contributed by atoms with E-state index in [4.69, 9.17) is 4.98 Å². The molecule has 0 spiro atoms. The highest BCUT2D eigenvalue weighted by Crippen LogP contribution is 2.29. The fourth-order valence-corrected chi connectivity index (χ4v) is 4.03. The summed E-state index contributed by atoms with van der Waals surface area (Å²) >= 11 is 0. The number of aromatic nitrogens is 2. The van der Waals surface area contributed by atoms with Gasteiger partial charge in [0.05, 0.1) is 28.7 Å². The quantitative estimate of drug-likeness (QED) is 0.702. The molecule has 0 radical (unpaired) electrons. The molecule has 3 aromatic rings. The zero-order chi connectivity index (χ0) is 21.4. The summed E-state index contributed by atoms with van der Waals surface area (Å²) in [6, 6.07) is 13.7. The molecular weight excluding hydrogens is 383 g/mol. The lowest BCUT2D eigenvalue weighted by atomic mass is 10.0. The molecule has 1 N–H and O–H groups in total. The maximum Gasteiger partial charge on any atom is 0.227 e. The molecule has 1 fully saturated rings. The van der Waals surface area contributed by atoms with Crippen LogP contribution in [0.4, 0.5) is 10.1 Å². The normalized spacial score (nSPS) is 17.7. The molecule has 1 aliphatic heterocycles. The second-order valence-corrected chi connectivity index (χ2v) is 8.10. The summed E-state index contributed by atoms with van der Waals surface area (Å²) in [6.07, 6.45) is 0.0630. The predicted molar refractivity (Wildman–Crippen MR) is 113 cm³/mol. The third-order valence-electron chi connectivity index (χ3n) is 5.70. The summed E-state index contributed by atoms with van der Waals surface area (Å²) in [7, 11) is 1.94. The lowest BCUT2D eigenvalue weighted by Crippen LogP contribution is -2.38. The summed E-state index contributed by atoms with van der Waals surface area (Å²) in [6.45, 7) is 4.21. The number of amides is 2. The molecule has 0 bridgehead atoms.